The Kier molecular flexibility index (Phi) is 3.61. The number of aromatic nitrogens is 2. The topological polar surface area (TPSA) is 61.0 Å². The largest absolute Gasteiger partial charge is 0.269 e. The highest BCUT2D eigenvalue weighted by molar-refractivity contribution is 8.00. The molecule has 2 aromatic rings. The van der Waals surface area contributed by atoms with Crippen LogP contribution in [-0.2, 0) is 6.54 Å². The number of aryl methyl sites for hydroxylation is 1. The maximum atomic E-state index is 10.8. The van der Waals surface area contributed by atoms with Crippen LogP contribution in [-0.4, -0.2) is 25.3 Å². The molecule has 0 saturated heterocycles. The highest BCUT2D eigenvalue weighted by atomic mass is 35.5. The fourth-order valence-corrected chi connectivity index (χ4v) is 5.97. The number of thioether (sulfide) groups is 1. The summed E-state index contributed by atoms with van der Waals surface area (Å²) in [6.45, 7) is 2.98. The van der Waals surface area contributed by atoms with Crippen LogP contribution >= 0.6 is 23.4 Å². The van der Waals surface area contributed by atoms with Gasteiger partial charge in [0, 0.05) is 51.7 Å². The second kappa shape index (κ2) is 5.53. The lowest BCUT2D eigenvalue weighted by Gasteiger charge is -2.16. The van der Waals surface area contributed by atoms with Gasteiger partial charge < -0.3 is 0 Å². The number of non-ortho nitro benzene ring substituents is 1. The zero-order valence-electron chi connectivity index (χ0n) is 12.6. The average molecular weight is 350 g/mol. The van der Waals surface area contributed by atoms with E-state index in [0.717, 1.165) is 17.9 Å². The fourth-order valence-electron chi connectivity index (χ4n) is 3.90. The van der Waals surface area contributed by atoms with Crippen molar-refractivity contribution in [3.63, 3.8) is 0 Å². The smallest absolute Gasteiger partial charge is 0.269 e. The summed E-state index contributed by atoms with van der Waals surface area (Å²) in [5.41, 5.74) is 2.76. The van der Waals surface area contributed by atoms with Crippen LogP contribution in [0.5, 0.6) is 0 Å². The van der Waals surface area contributed by atoms with E-state index in [1.807, 2.05) is 18.3 Å². The molecule has 0 radical (unpaired) electrons. The van der Waals surface area contributed by atoms with Gasteiger partial charge in [-0.3, -0.25) is 14.8 Å². The van der Waals surface area contributed by atoms with E-state index in [9.17, 15) is 10.1 Å². The summed E-state index contributed by atoms with van der Waals surface area (Å²) in [6, 6.07) is 6.80. The van der Waals surface area contributed by atoms with Crippen molar-refractivity contribution < 1.29 is 4.92 Å². The molecule has 0 N–H and O–H groups in total. The monoisotopic (exact) mass is 349 g/mol. The number of fused-ring (bicyclic) bond motifs is 5. The molecule has 2 aliphatic carbocycles. The third kappa shape index (κ3) is 2.27. The molecule has 120 valence electrons. The van der Waals surface area contributed by atoms with Crippen molar-refractivity contribution >= 4 is 29.1 Å². The number of benzene rings is 1. The molecule has 4 atom stereocenters. The van der Waals surface area contributed by atoms with Gasteiger partial charge in [-0.15, -0.1) is 23.4 Å². The van der Waals surface area contributed by atoms with Gasteiger partial charge in [-0.2, -0.15) is 5.10 Å². The average Bonchev–Trinajstić information content (AvgIpc) is 3.16. The summed E-state index contributed by atoms with van der Waals surface area (Å²) in [4.78, 5) is 11.5. The first-order valence-corrected chi connectivity index (χ1v) is 9.02. The normalized spacial score (nSPS) is 28.1. The summed E-state index contributed by atoms with van der Waals surface area (Å²) in [7, 11) is 0. The van der Waals surface area contributed by atoms with Crippen molar-refractivity contribution in [1.82, 2.24) is 9.78 Å². The fraction of sp³-hybridized carbons (Fsp3) is 0.438. The molecule has 0 amide bonds. The summed E-state index contributed by atoms with van der Waals surface area (Å²) in [5.74, 6) is 0.734. The number of nitro benzene ring substituents is 1. The van der Waals surface area contributed by atoms with Gasteiger partial charge in [0.05, 0.1) is 11.1 Å². The minimum atomic E-state index is -0.367. The SMILES string of the molecule is CCn1ncc2c1[C@@H]1C[C@@H](Cl)[C@H]2C1Sc1ccc([N+](=O)[O-])cc1. The molecule has 1 fully saturated rings. The van der Waals surface area contributed by atoms with E-state index in [-0.39, 0.29) is 16.0 Å². The van der Waals surface area contributed by atoms with Crippen molar-refractivity contribution in [3.05, 3.63) is 51.8 Å². The van der Waals surface area contributed by atoms with E-state index in [0.29, 0.717) is 17.1 Å². The summed E-state index contributed by atoms with van der Waals surface area (Å²) < 4.78 is 2.09. The van der Waals surface area contributed by atoms with Crippen molar-refractivity contribution in [1.29, 1.82) is 0 Å². The van der Waals surface area contributed by atoms with Gasteiger partial charge in [0.1, 0.15) is 0 Å². The predicted octanol–water partition coefficient (Wildman–Crippen LogP) is 4.16. The van der Waals surface area contributed by atoms with Crippen LogP contribution < -0.4 is 0 Å². The van der Waals surface area contributed by atoms with Crippen molar-refractivity contribution in [2.75, 3.05) is 0 Å². The van der Waals surface area contributed by atoms with Gasteiger partial charge in [-0.1, -0.05) is 0 Å². The molecule has 4 rings (SSSR count). The van der Waals surface area contributed by atoms with Crippen LogP contribution in [0.25, 0.3) is 0 Å². The molecule has 5 nitrogen and oxygen atoms in total. The van der Waals surface area contributed by atoms with Crippen molar-refractivity contribution in [3.8, 4) is 0 Å². The van der Waals surface area contributed by atoms with Gasteiger partial charge in [0.15, 0.2) is 0 Å². The molecule has 2 aliphatic rings. The first kappa shape index (κ1) is 15.0. The Hall–Kier alpha value is -1.53. The highest BCUT2D eigenvalue weighted by Gasteiger charge is 2.53. The number of nitrogens with zero attached hydrogens (tertiary/aromatic N) is 3. The molecule has 1 aromatic heterocycles. The second-order valence-corrected chi connectivity index (χ2v) is 7.83. The first-order valence-electron chi connectivity index (χ1n) is 7.71. The molecule has 23 heavy (non-hydrogen) atoms. The van der Waals surface area contributed by atoms with Gasteiger partial charge in [0.25, 0.3) is 5.69 Å². The van der Waals surface area contributed by atoms with Crippen LogP contribution in [0.15, 0.2) is 35.4 Å². The molecule has 1 unspecified atom stereocenters. The first-order chi connectivity index (χ1) is 11.1. The minimum Gasteiger partial charge on any atom is -0.269 e. The molecule has 2 bridgehead atoms. The Balaban J connectivity index is 1.61. The minimum absolute atomic E-state index is 0.129. The molecule has 7 heteroatoms. The number of hydrogen-bond acceptors (Lipinski definition) is 4. The number of hydrogen-bond donors (Lipinski definition) is 0. The Bertz CT molecular complexity index is 761. The molecule has 1 saturated carbocycles. The Labute approximate surface area is 143 Å². The molecule has 0 spiro atoms. The highest BCUT2D eigenvalue weighted by Crippen LogP contribution is 2.60. The van der Waals surface area contributed by atoms with E-state index in [4.69, 9.17) is 11.6 Å². The zero-order valence-corrected chi connectivity index (χ0v) is 14.1. The summed E-state index contributed by atoms with van der Waals surface area (Å²) in [6.07, 6.45) is 2.96. The third-order valence-corrected chi connectivity index (χ3v) is 6.75. The summed E-state index contributed by atoms with van der Waals surface area (Å²) >= 11 is 8.36. The van der Waals surface area contributed by atoms with Gasteiger partial charge in [-0.25, -0.2) is 0 Å². The number of halogens is 1. The molecular formula is C16H16ClN3O2S. The van der Waals surface area contributed by atoms with E-state index < -0.39 is 0 Å². The lowest BCUT2D eigenvalue weighted by molar-refractivity contribution is -0.384. The third-order valence-electron chi connectivity index (χ3n) is 4.86. The summed E-state index contributed by atoms with van der Waals surface area (Å²) in [5, 5.41) is 15.8. The van der Waals surface area contributed by atoms with E-state index >= 15 is 0 Å². The standard InChI is InChI=1S/C16H16ClN3O2S/c1-2-19-15-11-7-13(17)14(12(15)8-18-19)16(11)23-10-5-3-9(4-6-10)20(21)22/h3-6,8,11,13-14,16H,2,7H2,1H3/t11-,13+,14-,16?/m0/s1. The predicted molar refractivity (Wildman–Crippen MR) is 90.4 cm³/mol. The number of nitro groups is 1. The molecule has 1 aromatic carbocycles. The lowest BCUT2D eigenvalue weighted by atomic mass is 9.98. The van der Waals surface area contributed by atoms with Crippen LogP contribution in [0.3, 0.4) is 0 Å². The number of rotatable bonds is 4. The zero-order chi connectivity index (χ0) is 16.1. The second-order valence-electron chi connectivity index (χ2n) is 6.02. The van der Waals surface area contributed by atoms with Crippen molar-refractivity contribution in [2.45, 2.75) is 47.2 Å². The van der Waals surface area contributed by atoms with Crippen molar-refractivity contribution in [2.24, 2.45) is 0 Å². The molecular weight excluding hydrogens is 334 g/mol. The molecule has 0 aliphatic heterocycles. The van der Waals surface area contributed by atoms with Crippen LogP contribution in [0.2, 0.25) is 0 Å². The van der Waals surface area contributed by atoms with Gasteiger partial charge in [-0.05, 0) is 31.0 Å². The van der Waals surface area contributed by atoms with Crippen LogP contribution in [0, 0.1) is 10.1 Å². The Morgan fingerprint density at radius 1 is 1.43 bits per heavy atom. The van der Waals surface area contributed by atoms with E-state index in [1.54, 1.807) is 23.9 Å². The van der Waals surface area contributed by atoms with Gasteiger partial charge >= 0.3 is 0 Å². The van der Waals surface area contributed by atoms with Gasteiger partial charge in [0.2, 0.25) is 0 Å². The maximum absolute atomic E-state index is 10.8. The number of alkyl halides is 1. The van der Waals surface area contributed by atoms with Crippen LogP contribution in [0.1, 0.15) is 36.4 Å². The lowest BCUT2D eigenvalue weighted by Crippen LogP contribution is -2.11. The van der Waals surface area contributed by atoms with Crippen LogP contribution in [0.4, 0.5) is 5.69 Å². The van der Waals surface area contributed by atoms with E-state index in [2.05, 4.69) is 16.7 Å². The van der Waals surface area contributed by atoms with E-state index in [1.165, 1.54) is 11.3 Å². The maximum Gasteiger partial charge on any atom is 0.269 e. The Morgan fingerprint density at radius 2 is 2.17 bits per heavy atom. The molecule has 1 heterocycles. The Morgan fingerprint density at radius 3 is 2.83 bits per heavy atom. The quantitative estimate of drug-likeness (QED) is 0.472.